The number of carbonyl (C=O) groups is 1. The number of morpholine rings is 1. The fraction of sp³-hybridized carbons (Fsp3) is 0.615. The molecule has 0 aromatic carbocycles. The minimum absolute atomic E-state index is 0.0591. The number of rotatable bonds is 5. The number of halogens is 2. The van der Waals surface area contributed by atoms with Crippen LogP contribution in [0.4, 0.5) is 8.78 Å². The molecule has 1 amide bonds. The summed E-state index contributed by atoms with van der Waals surface area (Å²) in [5, 5.41) is 3.18. The number of amides is 1. The van der Waals surface area contributed by atoms with Crippen LogP contribution < -0.4 is 5.32 Å². The number of nitrogens with zero attached hydrogens (tertiary/aromatic N) is 2. The lowest BCUT2D eigenvalue weighted by atomic mass is 10.2. The van der Waals surface area contributed by atoms with E-state index in [1.54, 1.807) is 19.2 Å². The van der Waals surface area contributed by atoms with Crippen molar-refractivity contribution in [2.45, 2.75) is 19.1 Å². The van der Waals surface area contributed by atoms with Crippen LogP contribution in [0.5, 0.6) is 0 Å². The lowest BCUT2D eigenvalue weighted by Gasteiger charge is -2.28. The van der Waals surface area contributed by atoms with Gasteiger partial charge in [0.05, 0.1) is 19.3 Å². The number of hydrogen-bond acceptors (Lipinski definition) is 3. The molecule has 2 rings (SSSR count). The van der Waals surface area contributed by atoms with E-state index in [4.69, 9.17) is 4.74 Å². The van der Waals surface area contributed by atoms with Gasteiger partial charge in [0, 0.05) is 32.9 Å². The van der Waals surface area contributed by atoms with Crippen molar-refractivity contribution in [2.75, 3.05) is 33.3 Å². The summed E-state index contributed by atoms with van der Waals surface area (Å²) in [5.74, 6) is -0.273. The largest absolute Gasteiger partial charge is 0.374 e. The molecule has 1 aliphatic heterocycles. The summed E-state index contributed by atoms with van der Waals surface area (Å²) in [6.45, 7) is 2.09. The van der Waals surface area contributed by atoms with Crippen molar-refractivity contribution >= 4 is 5.91 Å². The Morgan fingerprint density at radius 1 is 1.65 bits per heavy atom. The van der Waals surface area contributed by atoms with Crippen LogP contribution in [0.1, 0.15) is 10.5 Å². The highest BCUT2D eigenvalue weighted by Crippen LogP contribution is 2.10. The van der Waals surface area contributed by atoms with Crippen LogP contribution >= 0.6 is 0 Å². The average Bonchev–Trinajstić information content (AvgIpc) is 2.86. The van der Waals surface area contributed by atoms with Crippen molar-refractivity contribution in [3.8, 4) is 0 Å². The van der Waals surface area contributed by atoms with Crippen molar-refractivity contribution in [1.82, 2.24) is 14.8 Å². The fourth-order valence-corrected chi connectivity index (χ4v) is 2.24. The molecule has 1 aromatic rings. The summed E-state index contributed by atoms with van der Waals surface area (Å²) < 4.78 is 31.7. The van der Waals surface area contributed by atoms with Gasteiger partial charge in [-0.25, -0.2) is 8.78 Å². The fourth-order valence-electron chi connectivity index (χ4n) is 2.24. The Morgan fingerprint density at radius 2 is 2.45 bits per heavy atom. The molecule has 0 radical (unpaired) electrons. The van der Waals surface area contributed by atoms with E-state index in [0.29, 0.717) is 19.7 Å². The highest BCUT2D eigenvalue weighted by Gasteiger charge is 2.21. The quantitative estimate of drug-likeness (QED) is 0.872. The SMILES string of the molecule is CN(CC1CNCCO1)C(=O)c1cccn1CC(F)F. The lowest BCUT2D eigenvalue weighted by molar-refractivity contribution is 0.0100. The zero-order valence-corrected chi connectivity index (χ0v) is 11.4. The van der Waals surface area contributed by atoms with Crippen molar-refractivity contribution < 1.29 is 18.3 Å². The predicted octanol–water partition coefficient (Wildman–Crippen LogP) is 0.814. The highest BCUT2D eigenvalue weighted by molar-refractivity contribution is 5.92. The predicted molar refractivity (Wildman–Crippen MR) is 70.0 cm³/mol. The Labute approximate surface area is 116 Å². The molecule has 2 heterocycles. The molecule has 1 N–H and O–H groups in total. The van der Waals surface area contributed by atoms with Crippen molar-refractivity contribution in [3.05, 3.63) is 24.0 Å². The van der Waals surface area contributed by atoms with Crippen LogP contribution in [-0.2, 0) is 11.3 Å². The van der Waals surface area contributed by atoms with E-state index >= 15 is 0 Å². The van der Waals surface area contributed by atoms with Gasteiger partial charge in [0.1, 0.15) is 5.69 Å². The third kappa shape index (κ3) is 3.77. The molecule has 1 unspecified atom stereocenters. The van der Waals surface area contributed by atoms with E-state index in [9.17, 15) is 13.6 Å². The molecular formula is C13H19F2N3O2. The first-order valence-electron chi connectivity index (χ1n) is 6.59. The number of likely N-dealkylation sites (N-methyl/N-ethyl adjacent to an activating group) is 1. The molecule has 1 aromatic heterocycles. The minimum Gasteiger partial charge on any atom is -0.374 e. The maximum absolute atomic E-state index is 12.4. The summed E-state index contributed by atoms with van der Waals surface area (Å²) in [7, 11) is 1.65. The monoisotopic (exact) mass is 287 g/mol. The van der Waals surface area contributed by atoms with Gasteiger partial charge in [0.25, 0.3) is 12.3 Å². The second-order valence-electron chi connectivity index (χ2n) is 4.82. The number of aromatic nitrogens is 1. The van der Waals surface area contributed by atoms with Gasteiger partial charge in [-0.2, -0.15) is 0 Å². The van der Waals surface area contributed by atoms with Crippen LogP contribution in [0, 0.1) is 0 Å². The Bertz CT molecular complexity index is 445. The zero-order chi connectivity index (χ0) is 14.5. The molecule has 0 spiro atoms. The molecule has 1 fully saturated rings. The molecule has 112 valence electrons. The molecule has 0 aliphatic carbocycles. The van der Waals surface area contributed by atoms with Gasteiger partial charge >= 0.3 is 0 Å². The summed E-state index contributed by atoms with van der Waals surface area (Å²) in [5.41, 5.74) is 0.275. The number of nitrogens with one attached hydrogen (secondary N) is 1. The lowest BCUT2D eigenvalue weighted by Crippen LogP contribution is -2.46. The maximum atomic E-state index is 12.4. The molecule has 1 saturated heterocycles. The first kappa shape index (κ1) is 14.9. The Balaban J connectivity index is 1.97. The van der Waals surface area contributed by atoms with E-state index < -0.39 is 13.0 Å². The van der Waals surface area contributed by atoms with Gasteiger partial charge in [-0.1, -0.05) is 0 Å². The first-order chi connectivity index (χ1) is 9.58. The van der Waals surface area contributed by atoms with Gasteiger partial charge in [-0.15, -0.1) is 0 Å². The van der Waals surface area contributed by atoms with Gasteiger partial charge in [-0.3, -0.25) is 4.79 Å². The number of hydrogen-bond donors (Lipinski definition) is 1. The third-order valence-electron chi connectivity index (χ3n) is 3.21. The summed E-state index contributed by atoms with van der Waals surface area (Å²) >= 11 is 0. The van der Waals surface area contributed by atoms with Crippen molar-refractivity contribution in [2.24, 2.45) is 0 Å². The second-order valence-corrected chi connectivity index (χ2v) is 4.82. The van der Waals surface area contributed by atoms with Crippen molar-refractivity contribution in [3.63, 3.8) is 0 Å². The number of ether oxygens (including phenoxy) is 1. The molecule has 7 heteroatoms. The maximum Gasteiger partial charge on any atom is 0.270 e. The van der Waals surface area contributed by atoms with Gasteiger partial charge < -0.3 is 19.5 Å². The Morgan fingerprint density at radius 3 is 3.10 bits per heavy atom. The van der Waals surface area contributed by atoms with Gasteiger partial charge in [0.2, 0.25) is 0 Å². The molecule has 0 saturated carbocycles. The van der Waals surface area contributed by atoms with Crippen molar-refractivity contribution in [1.29, 1.82) is 0 Å². The highest BCUT2D eigenvalue weighted by atomic mass is 19.3. The zero-order valence-electron chi connectivity index (χ0n) is 11.4. The number of carbonyl (C=O) groups excluding carboxylic acids is 1. The van der Waals surface area contributed by atoms with Crippen LogP contribution in [0.3, 0.4) is 0 Å². The second kappa shape index (κ2) is 6.81. The van der Waals surface area contributed by atoms with Gasteiger partial charge in [0.15, 0.2) is 0 Å². The first-order valence-corrected chi connectivity index (χ1v) is 6.59. The Hall–Kier alpha value is -1.47. The van der Waals surface area contributed by atoms with E-state index in [0.717, 1.165) is 6.54 Å². The molecule has 20 heavy (non-hydrogen) atoms. The topological polar surface area (TPSA) is 46.5 Å². The van der Waals surface area contributed by atoms with E-state index in [1.807, 2.05) is 0 Å². The summed E-state index contributed by atoms with van der Waals surface area (Å²) in [4.78, 5) is 13.8. The standard InChI is InChI=1S/C13H19F2N3O2/c1-17(8-10-7-16-4-6-20-10)13(19)11-3-2-5-18(11)9-12(14)15/h2-3,5,10,12,16H,4,6-9H2,1H3. The van der Waals surface area contributed by atoms with E-state index in [2.05, 4.69) is 5.32 Å². The normalized spacial score (nSPS) is 19.3. The van der Waals surface area contributed by atoms with Crippen LogP contribution in [0.25, 0.3) is 0 Å². The molecule has 1 atom stereocenters. The average molecular weight is 287 g/mol. The van der Waals surface area contributed by atoms with Crippen LogP contribution in [-0.4, -0.2) is 61.2 Å². The third-order valence-corrected chi connectivity index (χ3v) is 3.21. The Kier molecular flexibility index (Phi) is 5.08. The van der Waals surface area contributed by atoms with E-state index in [-0.39, 0.29) is 17.7 Å². The molecule has 0 bridgehead atoms. The summed E-state index contributed by atoms with van der Waals surface area (Å²) in [6.07, 6.45) is -1.05. The van der Waals surface area contributed by atoms with E-state index in [1.165, 1.54) is 15.7 Å². The number of alkyl halides is 2. The molecular weight excluding hydrogens is 268 g/mol. The van der Waals surface area contributed by atoms with Crippen LogP contribution in [0.15, 0.2) is 18.3 Å². The minimum atomic E-state index is -2.48. The molecule has 1 aliphatic rings. The summed E-state index contributed by atoms with van der Waals surface area (Å²) in [6, 6.07) is 3.16. The smallest absolute Gasteiger partial charge is 0.270 e. The molecule has 5 nitrogen and oxygen atoms in total. The van der Waals surface area contributed by atoms with Crippen LogP contribution in [0.2, 0.25) is 0 Å². The van der Waals surface area contributed by atoms with Gasteiger partial charge in [-0.05, 0) is 12.1 Å².